The van der Waals surface area contributed by atoms with E-state index in [1.807, 2.05) is 32.0 Å². The predicted molar refractivity (Wildman–Crippen MR) is 108 cm³/mol. The van der Waals surface area contributed by atoms with Gasteiger partial charge in [-0.25, -0.2) is 13.1 Å². The molecule has 0 saturated heterocycles. The fraction of sp³-hybridized carbons (Fsp3) is 0.200. The summed E-state index contributed by atoms with van der Waals surface area (Å²) in [4.78, 5) is 23.6. The number of aryl methyl sites for hydroxylation is 1. The van der Waals surface area contributed by atoms with Crippen molar-refractivity contribution in [3.05, 3.63) is 70.6 Å². The van der Waals surface area contributed by atoms with Crippen LogP contribution in [0, 0.1) is 13.8 Å². The number of amides is 1. The molecule has 0 aliphatic rings. The number of anilines is 1. The Morgan fingerprint density at radius 1 is 1.04 bits per heavy atom. The minimum Gasteiger partial charge on any atom is -0.455 e. The molecule has 2 aromatic carbocycles. The number of ether oxygens (including phenoxy) is 1. The normalized spacial score (nSPS) is 11.4. The summed E-state index contributed by atoms with van der Waals surface area (Å²) in [5.74, 6) is -1.36. The first-order chi connectivity index (χ1) is 13.3. The monoisotopic (exact) mass is 402 g/mol. The van der Waals surface area contributed by atoms with Crippen LogP contribution >= 0.6 is 0 Å². The van der Waals surface area contributed by atoms with E-state index in [1.54, 1.807) is 30.3 Å². The lowest BCUT2D eigenvalue weighted by Gasteiger charge is -2.10. The van der Waals surface area contributed by atoms with Crippen LogP contribution in [-0.4, -0.2) is 33.4 Å². The Labute approximate surface area is 164 Å². The summed E-state index contributed by atoms with van der Waals surface area (Å²) in [5.41, 5.74) is 3.28. The molecule has 0 fully saturated rings. The van der Waals surface area contributed by atoms with E-state index in [1.165, 1.54) is 6.08 Å². The van der Waals surface area contributed by atoms with E-state index in [2.05, 4.69) is 10.0 Å². The minimum absolute atomic E-state index is 0.506. The fourth-order valence-corrected chi connectivity index (χ4v) is 2.96. The molecule has 0 bridgehead atoms. The van der Waals surface area contributed by atoms with Crippen molar-refractivity contribution in [3.8, 4) is 0 Å². The van der Waals surface area contributed by atoms with Crippen LogP contribution in [0.2, 0.25) is 0 Å². The molecular weight excluding hydrogens is 380 g/mol. The summed E-state index contributed by atoms with van der Waals surface area (Å²) in [6.07, 6.45) is 1.41. The molecule has 1 amide bonds. The highest BCUT2D eigenvalue weighted by molar-refractivity contribution is 7.92. The average Bonchev–Trinajstić information content (AvgIpc) is 2.68. The molecule has 0 atom stereocenters. The number of hydrogen-bond donors (Lipinski definition) is 2. The summed E-state index contributed by atoms with van der Waals surface area (Å²) >= 11 is 0. The van der Waals surface area contributed by atoms with E-state index < -0.39 is 35.1 Å². The number of sulfonamides is 1. The van der Waals surface area contributed by atoms with E-state index in [-0.39, 0.29) is 0 Å². The van der Waals surface area contributed by atoms with Crippen LogP contribution in [0.25, 0.3) is 6.08 Å². The average molecular weight is 402 g/mol. The van der Waals surface area contributed by atoms with Crippen molar-refractivity contribution in [2.75, 3.05) is 18.5 Å². The first kappa shape index (κ1) is 21.3. The molecule has 2 N–H and O–H groups in total. The molecule has 0 aliphatic carbocycles. The molecule has 0 unspecified atom stereocenters. The molecular formula is C20H22N2O5S. The van der Waals surface area contributed by atoms with Gasteiger partial charge in [0.1, 0.15) is 6.54 Å². The lowest BCUT2D eigenvalue weighted by atomic mass is 10.1. The fourth-order valence-electron chi connectivity index (χ4n) is 2.21. The molecule has 0 heterocycles. The van der Waals surface area contributed by atoms with Crippen molar-refractivity contribution in [1.29, 1.82) is 0 Å². The maximum absolute atomic E-state index is 11.9. The quantitative estimate of drug-likeness (QED) is 0.660. The van der Waals surface area contributed by atoms with Gasteiger partial charge >= 0.3 is 5.97 Å². The minimum atomic E-state index is -3.80. The van der Waals surface area contributed by atoms with Gasteiger partial charge in [0.15, 0.2) is 6.61 Å². The lowest BCUT2D eigenvalue weighted by molar-refractivity contribution is -0.146. The Morgan fingerprint density at radius 3 is 2.46 bits per heavy atom. The first-order valence-corrected chi connectivity index (χ1v) is 10.1. The van der Waals surface area contributed by atoms with Gasteiger partial charge < -0.3 is 10.1 Å². The van der Waals surface area contributed by atoms with Gasteiger partial charge in [-0.05, 0) is 42.7 Å². The van der Waals surface area contributed by atoms with E-state index in [4.69, 9.17) is 4.74 Å². The molecule has 28 heavy (non-hydrogen) atoms. The van der Waals surface area contributed by atoms with Gasteiger partial charge in [0.2, 0.25) is 10.0 Å². The number of rotatable bonds is 8. The van der Waals surface area contributed by atoms with E-state index in [0.29, 0.717) is 11.3 Å². The van der Waals surface area contributed by atoms with Crippen molar-refractivity contribution in [1.82, 2.24) is 4.72 Å². The second-order valence-corrected chi connectivity index (χ2v) is 7.69. The highest BCUT2D eigenvalue weighted by Crippen LogP contribution is 2.17. The van der Waals surface area contributed by atoms with Gasteiger partial charge in [0.25, 0.3) is 5.91 Å². The van der Waals surface area contributed by atoms with E-state index in [9.17, 15) is 18.0 Å². The number of carbonyl (C=O) groups is 2. The third-order valence-corrected chi connectivity index (χ3v) is 4.94. The Kier molecular flexibility index (Phi) is 7.48. The number of nitrogens with one attached hydrogen (secondary N) is 2. The van der Waals surface area contributed by atoms with Gasteiger partial charge in [0, 0.05) is 11.1 Å². The largest absolute Gasteiger partial charge is 0.455 e. The topological polar surface area (TPSA) is 102 Å². The van der Waals surface area contributed by atoms with Crippen LogP contribution in [-0.2, 0) is 24.3 Å². The van der Waals surface area contributed by atoms with Crippen LogP contribution in [0.4, 0.5) is 5.69 Å². The molecule has 148 valence electrons. The van der Waals surface area contributed by atoms with Crippen molar-refractivity contribution in [3.63, 3.8) is 0 Å². The van der Waals surface area contributed by atoms with E-state index in [0.717, 1.165) is 16.5 Å². The summed E-state index contributed by atoms with van der Waals surface area (Å²) in [6.45, 7) is 2.71. The molecule has 8 heteroatoms. The second-order valence-electron chi connectivity index (χ2n) is 6.04. The zero-order chi connectivity index (χ0) is 20.6. The SMILES string of the molecule is Cc1cccc(NC(=O)COC(=O)CNS(=O)(=O)/C=C/c2ccccc2)c1C. The Morgan fingerprint density at radius 2 is 1.75 bits per heavy atom. The van der Waals surface area contributed by atoms with Gasteiger partial charge in [-0.3, -0.25) is 9.59 Å². The summed E-state index contributed by atoms with van der Waals surface area (Å²) in [7, 11) is -3.80. The zero-order valence-electron chi connectivity index (χ0n) is 15.6. The third-order valence-electron chi connectivity index (χ3n) is 3.90. The van der Waals surface area contributed by atoms with Crippen LogP contribution in [0.1, 0.15) is 16.7 Å². The number of hydrogen-bond acceptors (Lipinski definition) is 5. The van der Waals surface area contributed by atoms with Crippen molar-refractivity contribution in [2.45, 2.75) is 13.8 Å². The summed E-state index contributed by atoms with van der Waals surface area (Å²) in [6, 6.07) is 14.3. The standard InChI is InChI=1S/C20H22N2O5S/c1-15-7-6-10-18(16(15)2)22-19(23)14-27-20(24)13-21-28(25,26)12-11-17-8-4-3-5-9-17/h3-12,21H,13-14H2,1-2H3,(H,22,23)/b12-11+. The maximum atomic E-state index is 11.9. The molecule has 2 aromatic rings. The molecule has 0 aliphatic heterocycles. The molecule has 0 aromatic heterocycles. The molecule has 0 spiro atoms. The molecule has 0 radical (unpaired) electrons. The summed E-state index contributed by atoms with van der Waals surface area (Å²) in [5, 5.41) is 3.61. The van der Waals surface area contributed by atoms with Gasteiger partial charge in [0.05, 0.1) is 0 Å². The molecule has 7 nitrogen and oxygen atoms in total. The van der Waals surface area contributed by atoms with Crippen LogP contribution < -0.4 is 10.0 Å². The third kappa shape index (κ3) is 6.98. The second kappa shape index (κ2) is 9.82. The highest BCUT2D eigenvalue weighted by Gasteiger charge is 2.12. The number of esters is 1. The number of carbonyl (C=O) groups excluding carboxylic acids is 2. The van der Waals surface area contributed by atoms with Crippen molar-refractivity contribution in [2.24, 2.45) is 0 Å². The Hall–Kier alpha value is -2.97. The molecule has 0 saturated carbocycles. The van der Waals surface area contributed by atoms with Gasteiger partial charge in [-0.1, -0.05) is 42.5 Å². The van der Waals surface area contributed by atoms with E-state index >= 15 is 0 Å². The Balaban J connectivity index is 1.78. The maximum Gasteiger partial charge on any atom is 0.321 e. The zero-order valence-corrected chi connectivity index (χ0v) is 16.5. The van der Waals surface area contributed by atoms with Gasteiger partial charge in [-0.15, -0.1) is 0 Å². The highest BCUT2D eigenvalue weighted by atomic mass is 32.2. The van der Waals surface area contributed by atoms with Crippen LogP contribution in [0.5, 0.6) is 0 Å². The Bertz CT molecular complexity index is 969. The van der Waals surface area contributed by atoms with Crippen LogP contribution in [0.3, 0.4) is 0 Å². The van der Waals surface area contributed by atoms with Crippen molar-refractivity contribution >= 4 is 33.7 Å². The summed E-state index contributed by atoms with van der Waals surface area (Å²) < 4.78 is 30.6. The van der Waals surface area contributed by atoms with Crippen molar-refractivity contribution < 1.29 is 22.7 Å². The molecule has 2 rings (SSSR count). The number of benzene rings is 2. The smallest absolute Gasteiger partial charge is 0.321 e. The van der Waals surface area contributed by atoms with Crippen LogP contribution in [0.15, 0.2) is 53.9 Å². The lowest BCUT2D eigenvalue weighted by Crippen LogP contribution is -2.31. The first-order valence-electron chi connectivity index (χ1n) is 8.51. The van der Waals surface area contributed by atoms with Gasteiger partial charge in [-0.2, -0.15) is 0 Å². The predicted octanol–water partition coefficient (Wildman–Crippen LogP) is 2.38.